The van der Waals surface area contributed by atoms with E-state index in [1.807, 2.05) is 0 Å². The van der Waals surface area contributed by atoms with Crippen molar-refractivity contribution in [2.45, 2.75) is 0 Å². The predicted molar refractivity (Wildman–Crippen MR) is 214 cm³/mol. The van der Waals surface area contributed by atoms with E-state index in [2.05, 4.69) is 0 Å². The van der Waals surface area contributed by atoms with E-state index in [-0.39, 0.29) is 0 Å². The Morgan fingerprint density at radius 3 is 1.73 bits per heavy atom. The minimum atomic E-state index is -1.32. The molecule has 0 aliphatic heterocycles. The van der Waals surface area contributed by atoms with Crippen molar-refractivity contribution in [3.05, 3.63) is 193 Å². The number of benzene rings is 8. The van der Waals surface area contributed by atoms with E-state index in [4.69, 9.17) is 31.8 Å². The number of anilines is 3. The highest BCUT2D eigenvalue weighted by molar-refractivity contribution is 6.14. The van der Waals surface area contributed by atoms with Gasteiger partial charge in [0.2, 0.25) is 0 Å². The van der Waals surface area contributed by atoms with E-state index < -0.39 is 282 Å². The first-order chi connectivity index (χ1) is 38.6. The maximum atomic E-state index is 10.2. The molecule has 0 atom stereocenters. The number of furan rings is 1. The zero-order valence-electron chi connectivity index (χ0n) is 57.3. The van der Waals surface area contributed by atoms with Crippen molar-refractivity contribution in [1.29, 1.82) is 0 Å². The fraction of sp³-hybridized carbons (Fsp3) is 0. The van der Waals surface area contributed by atoms with Crippen LogP contribution in [0.1, 0.15) is 43.9 Å². The van der Waals surface area contributed by atoms with Gasteiger partial charge in [-0.1, -0.05) is 127 Å². The Morgan fingerprint density at radius 1 is 0.431 bits per heavy atom. The first-order valence-electron chi connectivity index (χ1n) is 30.7. The number of hydrogen-bond donors (Lipinski definition) is 0. The minimum Gasteiger partial charge on any atom is -0.455 e. The van der Waals surface area contributed by atoms with Crippen molar-refractivity contribution in [1.82, 2.24) is 4.57 Å². The van der Waals surface area contributed by atoms with Crippen LogP contribution in [0.5, 0.6) is 0 Å². The highest BCUT2D eigenvalue weighted by Crippen LogP contribution is 2.47. The van der Waals surface area contributed by atoms with Crippen LogP contribution in [0.15, 0.2) is 198 Å². The second-order valence-corrected chi connectivity index (χ2v) is 10.5. The molecule has 8 aromatic carbocycles. The number of fused-ring (bicyclic) bond motifs is 6. The van der Waals surface area contributed by atoms with E-state index in [1.54, 1.807) is 0 Å². The molecule has 0 amide bonds. The van der Waals surface area contributed by atoms with Gasteiger partial charge < -0.3 is 13.9 Å². The van der Waals surface area contributed by atoms with Crippen LogP contribution >= 0.6 is 0 Å². The van der Waals surface area contributed by atoms with Crippen molar-refractivity contribution in [3.8, 4) is 27.9 Å². The lowest BCUT2D eigenvalue weighted by atomic mass is 9.97. The van der Waals surface area contributed by atoms with Crippen LogP contribution in [0.2, 0.25) is 0 Å². The van der Waals surface area contributed by atoms with Crippen molar-refractivity contribution in [3.63, 3.8) is 0 Å². The topological polar surface area (TPSA) is 21.3 Å². The fourth-order valence-electron chi connectivity index (χ4n) is 5.63. The van der Waals surface area contributed by atoms with Gasteiger partial charge in [0.15, 0.2) is 0 Å². The van der Waals surface area contributed by atoms with Crippen LogP contribution < -0.4 is 4.90 Å². The van der Waals surface area contributed by atoms with Crippen LogP contribution in [0.4, 0.5) is 17.1 Å². The van der Waals surface area contributed by atoms with E-state index in [0.717, 1.165) is 0 Å². The van der Waals surface area contributed by atoms with Gasteiger partial charge in [0.05, 0.1) is 60.6 Å². The molecular weight excluding hydrogens is 621 g/mol. The third kappa shape index (κ3) is 4.82. The van der Waals surface area contributed by atoms with Gasteiger partial charge in [0, 0.05) is 44.2 Å². The largest absolute Gasteiger partial charge is 0.455 e. The zero-order chi connectivity index (χ0) is 61.6. The molecule has 0 saturated carbocycles. The van der Waals surface area contributed by atoms with Gasteiger partial charge in [0.25, 0.3) is 0 Å². The number of aromatic nitrogens is 1. The Hall–Kier alpha value is -6.84. The van der Waals surface area contributed by atoms with Crippen LogP contribution in [-0.2, 0) is 0 Å². The molecular formula is C48H32N2O. The van der Waals surface area contributed by atoms with Crippen molar-refractivity contribution < 1.29 is 48.3 Å². The molecule has 0 spiro atoms. The molecule has 3 heteroatoms. The molecule has 0 aliphatic rings. The molecule has 0 aliphatic carbocycles. The standard InChI is InChI=1S/C48H32N2O/c1-3-14-33(15-4-1)34-26-28-37(29-27-34)49(36-17-5-2-6-18-36)45-31-30-42-41-22-9-12-25-46(41)51-48(42)47(45)35-16-13-19-38(32-35)50-43-23-10-7-20-39(43)40-21-8-11-24-44(40)50/h1-32H/i1D,2D,3D,4D,5D,6D,7D,8D,9D,10D,11D,12D,13D,14D,15D,16D,17D,18D,19D,20D,21D,22D,23D,24D,25D,26D,27D,28D,29D,30D,31D,32D. The Balaban J connectivity index is 1.52. The zero-order valence-corrected chi connectivity index (χ0v) is 25.3. The van der Waals surface area contributed by atoms with Crippen LogP contribution in [0, 0.1) is 0 Å². The Morgan fingerprint density at radius 2 is 1.00 bits per heavy atom. The van der Waals surface area contributed by atoms with Crippen molar-refractivity contribution in [2.75, 3.05) is 4.90 Å². The second kappa shape index (κ2) is 11.9. The molecule has 2 heterocycles. The molecule has 0 unspecified atom stereocenters. The Labute approximate surface area is 340 Å². The molecule has 3 nitrogen and oxygen atoms in total. The van der Waals surface area contributed by atoms with E-state index in [1.165, 1.54) is 0 Å². The van der Waals surface area contributed by atoms with Gasteiger partial charge in [-0.25, -0.2) is 0 Å². The summed E-state index contributed by atoms with van der Waals surface area (Å²) in [7, 11) is 0. The van der Waals surface area contributed by atoms with E-state index in [9.17, 15) is 16.4 Å². The molecule has 10 aromatic rings. The van der Waals surface area contributed by atoms with Crippen LogP contribution in [0.3, 0.4) is 0 Å². The number of rotatable bonds is 6. The maximum Gasteiger partial charge on any atom is 0.145 e. The van der Waals surface area contributed by atoms with Crippen LogP contribution in [-0.4, -0.2) is 4.57 Å². The van der Waals surface area contributed by atoms with Crippen molar-refractivity contribution in [2.24, 2.45) is 0 Å². The maximum absolute atomic E-state index is 10.2. The summed E-state index contributed by atoms with van der Waals surface area (Å²) in [6.45, 7) is 0. The third-order valence-corrected chi connectivity index (χ3v) is 7.74. The van der Waals surface area contributed by atoms with Gasteiger partial charge in [-0.15, -0.1) is 0 Å². The predicted octanol–water partition coefficient (Wildman–Crippen LogP) is 13.5. The Bertz CT molecular complexity index is 4550. The normalized spacial score (nSPS) is 20.3. The number of hydrogen-bond acceptors (Lipinski definition) is 2. The summed E-state index contributed by atoms with van der Waals surface area (Å²) in [6.07, 6.45) is 0. The Kier molecular flexibility index (Phi) is 2.66. The molecule has 240 valence electrons. The molecule has 51 heavy (non-hydrogen) atoms. The lowest BCUT2D eigenvalue weighted by molar-refractivity contribution is 0.670. The summed E-state index contributed by atoms with van der Waals surface area (Å²) in [6, 6.07) is -34.3. The van der Waals surface area contributed by atoms with Gasteiger partial charge in [-0.2, -0.15) is 0 Å². The summed E-state index contributed by atoms with van der Waals surface area (Å²) in [4.78, 5) is 0.314. The summed E-state index contributed by atoms with van der Waals surface area (Å²) in [5.41, 5.74) is -11.8. The summed E-state index contributed by atoms with van der Waals surface area (Å²) >= 11 is 0. The first kappa shape index (κ1) is 11.3. The summed E-state index contributed by atoms with van der Waals surface area (Å²) in [5.74, 6) is 0. The molecule has 0 fully saturated rings. The van der Waals surface area contributed by atoms with Gasteiger partial charge in [0.1, 0.15) is 11.2 Å². The highest BCUT2D eigenvalue weighted by atomic mass is 16.3. The second-order valence-electron chi connectivity index (χ2n) is 10.5. The molecule has 0 N–H and O–H groups in total. The SMILES string of the molecule is [2H]c1c([2H])c([2H])c(-c2c([2H])c([2H])c(N(c3c([2H])c([2H])c([2H])c([2H])c3[2H])c3c([2H])c([2H])c4c(oc5c([2H])c([2H])c([2H])c([2H])c54)c3-c3c([2H])c([2H])c([2H])c(-n4c5c([2H])c([2H])c([2H])c([2H])c5c5c([2H])c([2H])c([2H])c([2H])c54)c3[2H])c([2H])c2[2H])c([2H])c1[2H]. The summed E-state index contributed by atoms with van der Waals surface area (Å²) < 4.78 is 296. The lowest BCUT2D eigenvalue weighted by Gasteiger charge is -2.28. The quantitative estimate of drug-likeness (QED) is 0.174. The van der Waals surface area contributed by atoms with Gasteiger partial charge in [-0.05, 0) is 83.2 Å². The molecule has 2 aromatic heterocycles. The highest BCUT2D eigenvalue weighted by Gasteiger charge is 2.23. The average molecular weight is 685 g/mol. The van der Waals surface area contributed by atoms with Crippen molar-refractivity contribution >= 4 is 60.8 Å². The molecule has 10 rings (SSSR count). The third-order valence-electron chi connectivity index (χ3n) is 7.74. The van der Waals surface area contributed by atoms with E-state index >= 15 is 0 Å². The average Bonchev–Trinajstić information content (AvgIpc) is 1.75. The molecule has 0 saturated heterocycles. The lowest BCUT2D eigenvalue weighted by Crippen LogP contribution is -2.11. The van der Waals surface area contributed by atoms with E-state index in [0.29, 0.717) is 9.47 Å². The smallest absolute Gasteiger partial charge is 0.145 e. The van der Waals surface area contributed by atoms with Gasteiger partial charge in [-0.3, -0.25) is 0 Å². The fourth-order valence-corrected chi connectivity index (χ4v) is 5.63. The first-order valence-corrected chi connectivity index (χ1v) is 14.7. The minimum absolute atomic E-state index is 0.314. The van der Waals surface area contributed by atoms with Crippen LogP contribution in [0.25, 0.3) is 71.7 Å². The van der Waals surface area contributed by atoms with Gasteiger partial charge >= 0.3 is 0 Å². The molecule has 0 bridgehead atoms. The summed E-state index contributed by atoms with van der Waals surface area (Å²) in [5, 5.41) is -2.55. The monoisotopic (exact) mass is 684 g/mol. The number of para-hydroxylation sites is 4. The number of nitrogens with zero attached hydrogens (tertiary/aromatic N) is 2. The molecule has 0 radical (unpaired) electrons.